The van der Waals surface area contributed by atoms with E-state index in [1.165, 1.54) is 42.5 Å². The van der Waals surface area contributed by atoms with Gasteiger partial charge in [-0.3, -0.25) is 34.4 Å². The van der Waals surface area contributed by atoms with Crippen LogP contribution in [0.1, 0.15) is 0 Å². The van der Waals surface area contributed by atoms with Crippen molar-refractivity contribution in [1.29, 1.82) is 0 Å². The molecule has 0 bridgehead atoms. The number of hydrogen-bond acceptors (Lipinski definition) is 7. The van der Waals surface area contributed by atoms with E-state index in [2.05, 4.69) is 10.3 Å². The smallest absolute Gasteiger partial charge is 0.271 e. The molecule has 0 aliphatic heterocycles. The van der Waals surface area contributed by atoms with Crippen molar-refractivity contribution in [2.24, 2.45) is 0 Å². The van der Waals surface area contributed by atoms with Crippen LogP contribution in [0.4, 0.5) is 17.1 Å². The van der Waals surface area contributed by atoms with Crippen LogP contribution < -0.4 is 10.9 Å². The maximum atomic E-state index is 12.4. The fraction of sp³-hybridized carbons (Fsp3) is 0.0625. The molecule has 0 fully saturated rings. The van der Waals surface area contributed by atoms with Crippen molar-refractivity contribution in [1.82, 2.24) is 9.55 Å². The van der Waals surface area contributed by atoms with E-state index in [0.29, 0.717) is 5.69 Å². The molecule has 0 radical (unpaired) electrons. The Labute approximate surface area is 150 Å². The SMILES string of the molecule is O=C(Cn1cnc2cc([N+](=O)[O-])ccc2c1=O)Nc1ccc([N+](=O)[O-])cc1. The highest BCUT2D eigenvalue weighted by Crippen LogP contribution is 2.17. The van der Waals surface area contributed by atoms with Gasteiger partial charge in [0.1, 0.15) is 6.54 Å². The number of nitro benzene ring substituents is 2. The molecule has 1 aromatic heterocycles. The number of amides is 1. The van der Waals surface area contributed by atoms with Gasteiger partial charge in [0.15, 0.2) is 0 Å². The van der Waals surface area contributed by atoms with Crippen molar-refractivity contribution < 1.29 is 14.6 Å². The van der Waals surface area contributed by atoms with Gasteiger partial charge < -0.3 is 5.32 Å². The molecule has 1 heterocycles. The summed E-state index contributed by atoms with van der Waals surface area (Å²) in [5.41, 5.74) is -0.335. The van der Waals surface area contributed by atoms with Crippen molar-refractivity contribution in [2.75, 3.05) is 5.32 Å². The summed E-state index contributed by atoms with van der Waals surface area (Å²) in [5.74, 6) is -0.533. The van der Waals surface area contributed by atoms with Gasteiger partial charge >= 0.3 is 0 Å². The van der Waals surface area contributed by atoms with E-state index >= 15 is 0 Å². The van der Waals surface area contributed by atoms with Gasteiger partial charge in [0.05, 0.1) is 27.1 Å². The Kier molecular flexibility index (Phi) is 4.58. The lowest BCUT2D eigenvalue weighted by molar-refractivity contribution is -0.385. The lowest BCUT2D eigenvalue weighted by Crippen LogP contribution is -2.27. The van der Waals surface area contributed by atoms with Gasteiger partial charge in [-0.15, -0.1) is 0 Å². The number of carbonyl (C=O) groups excluding carboxylic acids is 1. The second-order valence-corrected chi connectivity index (χ2v) is 5.49. The van der Waals surface area contributed by atoms with Crippen LogP contribution in [0, 0.1) is 20.2 Å². The number of anilines is 1. The number of nitrogens with zero attached hydrogens (tertiary/aromatic N) is 4. The average molecular weight is 369 g/mol. The fourth-order valence-electron chi connectivity index (χ4n) is 2.39. The van der Waals surface area contributed by atoms with Crippen molar-refractivity contribution in [3.05, 3.63) is 79.4 Å². The van der Waals surface area contributed by atoms with Crippen molar-refractivity contribution in [3.63, 3.8) is 0 Å². The van der Waals surface area contributed by atoms with Crippen LogP contribution >= 0.6 is 0 Å². The molecule has 1 amide bonds. The van der Waals surface area contributed by atoms with Gasteiger partial charge in [-0.2, -0.15) is 0 Å². The molecule has 11 heteroatoms. The summed E-state index contributed by atoms with van der Waals surface area (Å²) in [5, 5.41) is 24.1. The number of nitro groups is 2. The zero-order valence-electron chi connectivity index (χ0n) is 13.6. The topological polar surface area (TPSA) is 150 Å². The molecule has 0 aliphatic rings. The van der Waals surface area contributed by atoms with E-state index in [1.54, 1.807) is 0 Å². The minimum Gasteiger partial charge on any atom is -0.325 e. The number of rotatable bonds is 5. The molecule has 0 atom stereocenters. The Balaban J connectivity index is 1.79. The Bertz CT molecular complexity index is 1120. The zero-order chi connectivity index (χ0) is 19.6. The number of non-ortho nitro benzene ring substituents is 2. The molecule has 0 aliphatic carbocycles. The number of benzene rings is 2. The first-order valence-electron chi connectivity index (χ1n) is 7.53. The Morgan fingerprint density at radius 1 is 1.04 bits per heavy atom. The summed E-state index contributed by atoms with van der Waals surface area (Å²) >= 11 is 0. The number of aromatic nitrogens is 2. The molecular formula is C16H11N5O6. The highest BCUT2D eigenvalue weighted by atomic mass is 16.6. The highest BCUT2D eigenvalue weighted by Gasteiger charge is 2.12. The molecule has 3 rings (SSSR count). The normalized spacial score (nSPS) is 10.5. The van der Waals surface area contributed by atoms with Crippen LogP contribution in [0.2, 0.25) is 0 Å². The molecule has 136 valence electrons. The third-order valence-corrected chi connectivity index (χ3v) is 3.70. The molecule has 2 aromatic carbocycles. The first kappa shape index (κ1) is 17.7. The quantitative estimate of drug-likeness (QED) is 0.532. The van der Waals surface area contributed by atoms with E-state index < -0.39 is 21.3 Å². The standard InChI is InChI=1S/C16H11N5O6/c22-15(18-10-1-3-11(4-2-10)20(24)25)8-19-9-17-14-7-12(21(26)27)5-6-13(14)16(19)23/h1-7,9H,8H2,(H,18,22). The molecule has 27 heavy (non-hydrogen) atoms. The molecule has 11 nitrogen and oxygen atoms in total. The first-order valence-corrected chi connectivity index (χ1v) is 7.53. The zero-order valence-corrected chi connectivity index (χ0v) is 13.6. The van der Waals surface area contributed by atoms with Gasteiger partial charge in [-0.25, -0.2) is 4.98 Å². The average Bonchev–Trinajstić information content (AvgIpc) is 2.64. The van der Waals surface area contributed by atoms with Crippen LogP contribution in [-0.4, -0.2) is 25.3 Å². The van der Waals surface area contributed by atoms with Crippen LogP contribution in [0.15, 0.2) is 53.6 Å². The lowest BCUT2D eigenvalue weighted by Gasteiger charge is -2.08. The maximum absolute atomic E-state index is 12.4. The highest BCUT2D eigenvalue weighted by molar-refractivity contribution is 5.91. The molecule has 3 aromatic rings. The van der Waals surface area contributed by atoms with Crippen LogP contribution in [0.25, 0.3) is 10.9 Å². The van der Waals surface area contributed by atoms with Crippen LogP contribution in [0.3, 0.4) is 0 Å². The molecular weight excluding hydrogens is 358 g/mol. The van der Waals surface area contributed by atoms with Gasteiger partial charge in [0, 0.05) is 30.0 Å². The van der Waals surface area contributed by atoms with Gasteiger partial charge in [0.25, 0.3) is 16.9 Å². The second-order valence-electron chi connectivity index (χ2n) is 5.49. The van der Waals surface area contributed by atoms with E-state index in [9.17, 15) is 29.8 Å². The molecule has 0 saturated carbocycles. The summed E-state index contributed by atoms with van der Waals surface area (Å²) in [6, 6.07) is 8.88. The summed E-state index contributed by atoms with van der Waals surface area (Å²) in [4.78, 5) is 48.7. The van der Waals surface area contributed by atoms with E-state index in [1.807, 2.05) is 0 Å². The first-order chi connectivity index (χ1) is 12.8. The summed E-state index contributed by atoms with van der Waals surface area (Å²) in [6.45, 7) is -0.338. The number of fused-ring (bicyclic) bond motifs is 1. The van der Waals surface area contributed by atoms with E-state index in [-0.39, 0.29) is 28.8 Å². The van der Waals surface area contributed by atoms with Gasteiger partial charge in [0.2, 0.25) is 5.91 Å². The minimum atomic E-state index is -0.593. The third kappa shape index (κ3) is 3.76. The molecule has 0 unspecified atom stereocenters. The number of carbonyl (C=O) groups is 1. The van der Waals surface area contributed by atoms with Crippen molar-refractivity contribution in [2.45, 2.75) is 6.54 Å². The van der Waals surface area contributed by atoms with Crippen molar-refractivity contribution in [3.8, 4) is 0 Å². The summed E-state index contributed by atoms with van der Waals surface area (Å²) in [7, 11) is 0. The lowest BCUT2D eigenvalue weighted by atomic mass is 10.2. The van der Waals surface area contributed by atoms with Crippen LogP contribution in [-0.2, 0) is 11.3 Å². The van der Waals surface area contributed by atoms with Gasteiger partial charge in [-0.1, -0.05) is 0 Å². The van der Waals surface area contributed by atoms with Gasteiger partial charge in [-0.05, 0) is 18.2 Å². The second kappa shape index (κ2) is 7.00. The molecule has 1 N–H and O–H groups in total. The largest absolute Gasteiger partial charge is 0.325 e. The fourth-order valence-corrected chi connectivity index (χ4v) is 2.39. The number of hydrogen-bond donors (Lipinski definition) is 1. The third-order valence-electron chi connectivity index (χ3n) is 3.70. The Morgan fingerprint density at radius 3 is 2.30 bits per heavy atom. The van der Waals surface area contributed by atoms with E-state index in [4.69, 9.17) is 0 Å². The predicted octanol–water partition coefficient (Wildman–Crippen LogP) is 1.85. The van der Waals surface area contributed by atoms with Crippen molar-refractivity contribution >= 4 is 33.9 Å². The Morgan fingerprint density at radius 2 is 1.67 bits per heavy atom. The molecule has 0 saturated heterocycles. The Hall–Kier alpha value is -4.15. The van der Waals surface area contributed by atoms with E-state index in [0.717, 1.165) is 10.9 Å². The minimum absolute atomic E-state index is 0.114. The molecule has 0 spiro atoms. The maximum Gasteiger partial charge on any atom is 0.271 e. The summed E-state index contributed by atoms with van der Waals surface area (Å²) in [6.07, 6.45) is 1.13. The monoisotopic (exact) mass is 369 g/mol. The summed E-state index contributed by atoms with van der Waals surface area (Å²) < 4.78 is 1.06. The number of nitrogens with one attached hydrogen (secondary N) is 1. The van der Waals surface area contributed by atoms with Crippen LogP contribution in [0.5, 0.6) is 0 Å². The predicted molar refractivity (Wildman–Crippen MR) is 94.4 cm³/mol.